The van der Waals surface area contributed by atoms with Crippen molar-refractivity contribution in [3.8, 4) is 0 Å². The number of nitrogens with one attached hydrogen (secondary N) is 1. The molecule has 2 aromatic rings. The molecule has 0 aliphatic carbocycles. The van der Waals surface area contributed by atoms with E-state index in [1.807, 2.05) is 58.9 Å². The number of sulfonamides is 1. The molecule has 0 aliphatic rings. The standard InChI is InChI=1S/C21H28N2O3S/c1-7-20(21(24)22-19-13-14(2)8-9-17(19)5)23(27(6,25)26)18-11-15(3)10-16(4)12-18/h8-13,20H,7H2,1-6H3,(H,22,24)/t20-/m0/s1. The first-order valence-electron chi connectivity index (χ1n) is 8.98. The van der Waals surface area contributed by atoms with E-state index < -0.39 is 16.1 Å². The lowest BCUT2D eigenvalue weighted by Crippen LogP contribution is -2.47. The highest BCUT2D eigenvalue weighted by atomic mass is 32.2. The van der Waals surface area contributed by atoms with Crippen molar-refractivity contribution in [2.75, 3.05) is 15.9 Å². The number of nitrogens with zero attached hydrogens (tertiary/aromatic N) is 1. The van der Waals surface area contributed by atoms with E-state index in [0.29, 0.717) is 17.8 Å². The van der Waals surface area contributed by atoms with Gasteiger partial charge in [-0.1, -0.05) is 25.1 Å². The highest BCUT2D eigenvalue weighted by Crippen LogP contribution is 2.26. The van der Waals surface area contributed by atoms with Crippen LogP contribution in [0.3, 0.4) is 0 Å². The van der Waals surface area contributed by atoms with Crippen LogP contribution in [0.25, 0.3) is 0 Å². The van der Waals surface area contributed by atoms with Crippen LogP contribution in [0.15, 0.2) is 36.4 Å². The van der Waals surface area contributed by atoms with Crippen LogP contribution in [-0.2, 0) is 14.8 Å². The zero-order valence-corrected chi connectivity index (χ0v) is 17.6. The Kier molecular flexibility index (Phi) is 6.31. The van der Waals surface area contributed by atoms with E-state index in [4.69, 9.17) is 0 Å². The number of hydrogen-bond acceptors (Lipinski definition) is 3. The van der Waals surface area contributed by atoms with Crippen molar-refractivity contribution in [1.29, 1.82) is 0 Å². The average Bonchev–Trinajstić information content (AvgIpc) is 2.53. The van der Waals surface area contributed by atoms with Gasteiger partial charge >= 0.3 is 0 Å². The van der Waals surface area contributed by atoms with Crippen molar-refractivity contribution < 1.29 is 13.2 Å². The molecule has 0 aromatic heterocycles. The van der Waals surface area contributed by atoms with Gasteiger partial charge < -0.3 is 5.32 Å². The average molecular weight is 389 g/mol. The maximum absolute atomic E-state index is 13.0. The Morgan fingerprint density at radius 3 is 2.11 bits per heavy atom. The molecule has 1 amide bonds. The Labute approximate surface area is 162 Å². The topological polar surface area (TPSA) is 66.5 Å². The number of aryl methyl sites for hydroxylation is 4. The summed E-state index contributed by atoms with van der Waals surface area (Å²) < 4.78 is 26.4. The molecule has 2 aromatic carbocycles. The zero-order valence-electron chi connectivity index (χ0n) is 16.8. The molecule has 146 valence electrons. The van der Waals surface area contributed by atoms with Crippen LogP contribution in [0, 0.1) is 27.7 Å². The maximum Gasteiger partial charge on any atom is 0.248 e. The zero-order chi connectivity index (χ0) is 20.4. The molecule has 0 spiro atoms. The number of rotatable bonds is 6. The number of hydrogen-bond donors (Lipinski definition) is 1. The minimum Gasteiger partial charge on any atom is -0.324 e. The van der Waals surface area contributed by atoms with Gasteiger partial charge in [0.05, 0.1) is 11.9 Å². The first kappa shape index (κ1) is 21.0. The van der Waals surface area contributed by atoms with E-state index >= 15 is 0 Å². The fraction of sp³-hybridized carbons (Fsp3) is 0.381. The van der Waals surface area contributed by atoms with Gasteiger partial charge in [-0.2, -0.15) is 0 Å². The van der Waals surface area contributed by atoms with E-state index in [-0.39, 0.29) is 5.91 Å². The Morgan fingerprint density at radius 2 is 1.59 bits per heavy atom. The highest BCUT2D eigenvalue weighted by Gasteiger charge is 2.32. The second kappa shape index (κ2) is 8.13. The summed E-state index contributed by atoms with van der Waals surface area (Å²) in [6.07, 6.45) is 1.50. The molecule has 0 saturated carbocycles. The van der Waals surface area contributed by atoms with Gasteiger partial charge in [-0.3, -0.25) is 9.10 Å². The predicted octanol–water partition coefficient (Wildman–Crippen LogP) is 4.10. The van der Waals surface area contributed by atoms with Crippen LogP contribution < -0.4 is 9.62 Å². The monoisotopic (exact) mass is 388 g/mol. The van der Waals surface area contributed by atoms with E-state index in [9.17, 15) is 13.2 Å². The molecule has 0 fully saturated rings. The van der Waals surface area contributed by atoms with Crippen molar-refractivity contribution >= 4 is 27.3 Å². The number of anilines is 2. The third-order valence-electron chi connectivity index (χ3n) is 4.44. The van der Waals surface area contributed by atoms with Gasteiger partial charge in [-0.15, -0.1) is 0 Å². The Morgan fingerprint density at radius 1 is 1.00 bits per heavy atom. The van der Waals surface area contributed by atoms with E-state index in [0.717, 1.165) is 28.5 Å². The molecule has 1 atom stereocenters. The molecule has 0 heterocycles. The number of amides is 1. The maximum atomic E-state index is 13.0. The third-order valence-corrected chi connectivity index (χ3v) is 5.62. The molecule has 0 radical (unpaired) electrons. The summed E-state index contributed by atoms with van der Waals surface area (Å²) in [5.41, 5.74) is 5.07. The van der Waals surface area contributed by atoms with Crippen LogP contribution in [0.2, 0.25) is 0 Å². The van der Waals surface area contributed by atoms with Gasteiger partial charge in [0.15, 0.2) is 0 Å². The molecule has 5 nitrogen and oxygen atoms in total. The first-order valence-corrected chi connectivity index (χ1v) is 10.8. The molecular weight excluding hydrogens is 360 g/mol. The minimum atomic E-state index is -3.65. The van der Waals surface area contributed by atoms with Crippen molar-refractivity contribution in [1.82, 2.24) is 0 Å². The summed E-state index contributed by atoms with van der Waals surface area (Å²) in [5.74, 6) is -0.337. The van der Waals surface area contributed by atoms with Crippen LogP contribution in [0.4, 0.5) is 11.4 Å². The van der Waals surface area contributed by atoms with Crippen LogP contribution in [0.1, 0.15) is 35.6 Å². The Balaban J connectivity index is 2.46. The second-order valence-electron chi connectivity index (χ2n) is 7.14. The normalized spacial score (nSPS) is 12.5. The van der Waals surface area contributed by atoms with Crippen molar-refractivity contribution in [2.45, 2.75) is 47.1 Å². The smallest absolute Gasteiger partial charge is 0.248 e. The lowest BCUT2D eigenvalue weighted by atomic mass is 10.1. The van der Waals surface area contributed by atoms with Crippen LogP contribution >= 0.6 is 0 Å². The van der Waals surface area contributed by atoms with Crippen LogP contribution in [0.5, 0.6) is 0 Å². The quantitative estimate of drug-likeness (QED) is 0.810. The number of carbonyl (C=O) groups excluding carboxylic acids is 1. The van der Waals surface area contributed by atoms with E-state index in [1.54, 1.807) is 12.1 Å². The summed E-state index contributed by atoms with van der Waals surface area (Å²) in [6, 6.07) is 10.5. The molecule has 27 heavy (non-hydrogen) atoms. The molecule has 1 N–H and O–H groups in total. The number of carbonyl (C=O) groups is 1. The third kappa shape index (κ3) is 5.10. The fourth-order valence-corrected chi connectivity index (χ4v) is 4.42. The summed E-state index contributed by atoms with van der Waals surface area (Å²) in [7, 11) is -3.65. The van der Waals surface area contributed by atoms with E-state index in [1.165, 1.54) is 4.31 Å². The predicted molar refractivity (Wildman–Crippen MR) is 112 cm³/mol. The molecule has 0 saturated heterocycles. The van der Waals surface area contributed by atoms with Gasteiger partial charge in [0, 0.05) is 5.69 Å². The van der Waals surface area contributed by atoms with Crippen molar-refractivity contribution in [3.63, 3.8) is 0 Å². The van der Waals surface area contributed by atoms with Crippen molar-refractivity contribution in [3.05, 3.63) is 58.7 Å². The van der Waals surface area contributed by atoms with Gasteiger partial charge in [0.1, 0.15) is 6.04 Å². The highest BCUT2D eigenvalue weighted by molar-refractivity contribution is 7.92. The van der Waals surface area contributed by atoms with Crippen LogP contribution in [-0.4, -0.2) is 26.6 Å². The molecule has 2 rings (SSSR count). The fourth-order valence-electron chi connectivity index (χ4n) is 3.22. The van der Waals surface area contributed by atoms with Gasteiger partial charge in [0.25, 0.3) is 0 Å². The van der Waals surface area contributed by atoms with Gasteiger partial charge in [-0.25, -0.2) is 8.42 Å². The molecule has 0 aliphatic heterocycles. The molecule has 0 unspecified atom stereocenters. The lowest BCUT2D eigenvalue weighted by molar-refractivity contribution is -0.117. The van der Waals surface area contributed by atoms with E-state index in [2.05, 4.69) is 5.32 Å². The largest absolute Gasteiger partial charge is 0.324 e. The molecular formula is C21H28N2O3S. The minimum absolute atomic E-state index is 0.337. The van der Waals surface area contributed by atoms with Crippen molar-refractivity contribution in [2.24, 2.45) is 0 Å². The molecule has 0 bridgehead atoms. The Hall–Kier alpha value is -2.34. The second-order valence-corrected chi connectivity index (χ2v) is 9.00. The SMILES string of the molecule is CC[C@@H](C(=O)Nc1cc(C)ccc1C)N(c1cc(C)cc(C)c1)S(C)(=O)=O. The Bertz CT molecular complexity index is 932. The summed E-state index contributed by atoms with van der Waals surface area (Å²) in [6.45, 7) is 9.50. The van der Waals surface area contributed by atoms with Gasteiger partial charge in [-0.05, 0) is 74.6 Å². The lowest BCUT2D eigenvalue weighted by Gasteiger charge is -2.30. The summed E-state index contributed by atoms with van der Waals surface area (Å²) in [4.78, 5) is 13.0. The molecule has 6 heteroatoms. The van der Waals surface area contributed by atoms with Gasteiger partial charge in [0.2, 0.25) is 15.9 Å². The first-order chi connectivity index (χ1) is 12.5. The number of benzene rings is 2. The summed E-state index contributed by atoms with van der Waals surface area (Å²) in [5, 5.41) is 2.91. The summed E-state index contributed by atoms with van der Waals surface area (Å²) >= 11 is 0.